The Balaban J connectivity index is 1.32. The lowest BCUT2D eigenvalue weighted by atomic mass is 9.96. The van der Waals surface area contributed by atoms with Crippen molar-refractivity contribution in [2.75, 3.05) is 19.7 Å². The lowest BCUT2D eigenvalue weighted by molar-refractivity contribution is -0.126. The molecule has 6 nitrogen and oxygen atoms in total. The van der Waals surface area contributed by atoms with Gasteiger partial charge in [0.15, 0.2) is 0 Å². The number of carbonyl (C=O) groups is 1. The molecule has 1 amide bonds. The second-order valence-corrected chi connectivity index (χ2v) is 8.02. The number of hydrogen-bond acceptors (Lipinski definition) is 4. The van der Waals surface area contributed by atoms with Gasteiger partial charge in [-0.3, -0.25) is 14.4 Å². The fraction of sp³-hybridized carbons (Fsp3) is 0.524. The van der Waals surface area contributed by atoms with E-state index in [-0.39, 0.29) is 11.8 Å². The summed E-state index contributed by atoms with van der Waals surface area (Å²) in [6.45, 7) is 9.42. The van der Waals surface area contributed by atoms with E-state index in [4.69, 9.17) is 4.74 Å². The summed E-state index contributed by atoms with van der Waals surface area (Å²) in [7, 11) is 0. The number of rotatable bonds is 5. The van der Waals surface area contributed by atoms with Crippen molar-refractivity contribution in [3.05, 3.63) is 47.3 Å². The number of carbonyl (C=O) groups excluding carboxylic acids is 1. The minimum Gasteiger partial charge on any atom is -0.492 e. The molecule has 0 spiro atoms. The highest BCUT2D eigenvalue weighted by Crippen LogP contribution is 2.26. The van der Waals surface area contributed by atoms with Crippen molar-refractivity contribution in [2.45, 2.75) is 39.9 Å². The van der Waals surface area contributed by atoms with E-state index in [0.29, 0.717) is 19.1 Å². The summed E-state index contributed by atoms with van der Waals surface area (Å²) in [4.78, 5) is 15.0. The van der Waals surface area contributed by atoms with Crippen LogP contribution < -0.4 is 10.1 Å². The summed E-state index contributed by atoms with van der Waals surface area (Å²) in [6.07, 6.45) is 0.728. The molecule has 0 radical (unpaired) electrons. The van der Waals surface area contributed by atoms with Crippen LogP contribution in [-0.4, -0.2) is 40.3 Å². The Bertz CT molecular complexity index is 814. The van der Waals surface area contributed by atoms with E-state index in [1.165, 1.54) is 5.69 Å². The summed E-state index contributed by atoms with van der Waals surface area (Å²) in [5, 5.41) is 7.71. The fourth-order valence-electron chi connectivity index (χ4n) is 3.96. The lowest BCUT2D eigenvalue weighted by Crippen LogP contribution is -2.37. The van der Waals surface area contributed by atoms with Crippen LogP contribution in [0.2, 0.25) is 0 Å². The van der Waals surface area contributed by atoms with Crippen molar-refractivity contribution in [3.63, 3.8) is 0 Å². The number of aromatic nitrogens is 2. The van der Waals surface area contributed by atoms with Crippen molar-refractivity contribution >= 4 is 5.91 Å². The Morgan fingerprint density at radius 1 is 1.33 bits per heavy atom. The van der Waals surface area contributed by atoms with Gasteiger partial charge < -0.3 is 10.1 Å². The number of fused-ring (bicyclic) bond motifs is 2. The van der Waals surface area contributed by atoms with Crippen LogP contribution in [0.5, 0.6) is 5.75 Å². The Morgan fingerprint density at radius 2 is 2.19 bits per heavy atom. The summed E-state index contributed by atoms with van der Waals surface area (Å²) >= 11 is 0. The molecule has 1 aromatic heterocycles. The summed E-state index contributed by atoms with van der Waals surface area (Å²) < 4.78 is 7.81. The molecule has 1 aromatic carbocycles. The third-order valence-corrected chi connectivity index (χ3v) is 5.24. The average molecular weight is 368 g/mol. The summed E-state index contributed by atoms with van der Waals surface area (Å²) in [5.74, 6) is 1.46. The monoisotopic (exact) mass is 368 g/mol. The minimum absolute atomic E-state index is 0.0388. The van der Waals surface area contributed by atoms with Crippen molar-refractivity contribution in [1.29, 1.82) is 0 Å². The van der Waals surface area contributed by atoms with Gasteiger partial charge in [-0.25, -0.2) is 0 Å². The van der Waals surface area contributed by atoms with E-state index >= 15 is 0 Å². The molecular weight excluding hydrogens is 340 g/mol. The summed E-state index contributed by atoms with van der Waals surface area (Å²) in [5.41, 5.74) is 3.27. The van der Waals surface area contributed by atoms with E-state index in [1.807, 2.05) is 24.3 Å². The van der Waals surface area contributed by atoms with Crippen LogP contribution >= 0.6 is 0 Å². The average Bonchev–Trinajstić information content (AvgIpc) is 3.07. The van der Waals surface area contributed by atoms with Gasteiger partial charge in [-0.05, 0) is 30.0 Å². The van der Waals surface area contributed by atoms with E-state index in [9.17, 15) is 4.79 Å². The van der Waals surface area contributed by atoms with Gasteiger partial charge in [0.05, 0.1) is 30.4 Å². The van der Waals surface area contributed by atoms with Gasteiger partial charge in [-0.1, -0.05) is 32.0 Å². The standard InChI is InChI=1S/C21H28N4O2/c1-15(2)12-24-7-8-25-19(13-24)10-18(23-25)11-22-21(26)17-9-16-5-3-4-6-20(16)27-14-17/h3-6,10,15,17H,7-9,11-14H2,1-2H3,(H,22,26)/t17-/m0/s1. The van der Waals surface area contributed by atoms with Crippen LogP contribution in [0.15, 0.2) is 30.3 Å². The second kappa shape index (κ2) is 7.72. The molecule has 0 saturated heterocycles. The Kier molecular flexibility index (Phi) is 5.16. The van der Waals surface area contributed by atoms with Gasteiger partial charge in [-0.15, -0.1) is 0 Å². The number of ether oxygens (including phenoxy) is 1. The van der Waals surface area contributed by atoms with Crippen molar-refractivity contribution in [1.82, 2.24) is 20.0 Å². The molecule has 3 heterocycles. The largest absolute Gasteiger partial charge is 0.492 e. The van der Waals surface area contributed by atoms with Crippen LogP contribution in [0, 0.1) is 11.8 Å². The lowest BCUT2D eigenvalue weighted by Gasteiger charge is -2.28. The molecule has 27 heavy (non-hydrogen) atoms. The number of nitrogens with zero attached hydrogens (tertiary/aromatic N) is 3. The Morgan fingerprint density at radius 3 is 3.04 bits per heavy atom. The highest BCUT2D eigenvalue weighted by Gasteiger charge is 2.26. The second-order valence-electron chi connectivity index (χ2n) is 8.02. The molecule has 2 aliphatic heterocycles. The molecule has 1 atom stereocenters. The molecule has 144 valence electrons. The SMILES string of the molecule is CC(C)CN1CCn2nc(CNC(=O)[C@@H]3COc4ccccc4C3)cc2C1. The fourth-order valence-corrected chi connectivity index (χ4v) is 3.96. The van der Waals surface area contributed by atoms with Gasteiger partial charge >= 0.3 is 0 Å². The normalized spacial score (nSPS) is 19.3. The third kappa shape index (κ3) is 4.16. The van der Waals surface area contributed by atoms with Gasteiger partial charge in [0, 0.05) is 19.6 Å². The Hall–Kier alpha value is -2.34. The maximum absolute atomic E-state index is 12.6. The smallest absolute Gasteiger partial charge is 0.227 e. The first-order valence-corrected chi connectivity index (χ1v) is 9.85. The van der Waals surface area contributed by atoms with Gasteiger partial charge in [0.25, 0.3) is 0 Å². The highest BCUT2D eigenvalue weighted by atomic mass is 16.5. The van der Waals surface area contributed by atoms with Crippen molar-refractivity contribution in [3.8, 4) is 5.75 Å². The first kappa shape index (κ1) is 18.0. The van der Waals surface area contributed by atoms with Crippen LogP contribution in [0.4, 0.5) is 0 Å². The van der Waals surface area contributed by atoms with Crippen molar-refractivity contribution in [2.24, 2.45) is 11.8 Å². The predicted molar refractivity (Wildman–Crippen MR) is 103 cm³/mol. The first-order chi connectivity index (χ1) is 13.1. The van der Waals surface area contributed by atoms with Gasteiger partial charge in [-0.2, -0.15) is 5.10 Å². The topological polar surface area (TPSA) is 59.4 Å². The zero-order chi connectivity index (χ0) is 18.8. The number of benzene rings is 1. The van der Waals surface area contributed by atoms with Crippen LogP contribution in [-0.2, 0) is 30.8 Å². The molecule has 2 aliphatic rings. The number of amides is 1. The molecule has 0 saturated carbocycles. The minimum atomic E-state index is -0.140. The van der Waals surface area contributed by atoms with Crippen LogP contribution in [0.25, 0.3) is 0 Å². The third-order valence-electron chi connectivity index (χ3n) is 5.24. The molecule has 0 aliphatic carbocycles. The molecule has 0 bridgehead atoms. The molecule has 6 heteroatoms. The number of para-hydroxylation sites is 1. The molecule has 2 aromatic rings. The van der Waals surface area contributed by atoms with Crippen LogP contribution in [0.1, 0.15) is 30.8 Å². The quantitative estimate of drug-likeness (QED) is 0.879. The Labute approximate surface area is 160 Å². The molecule has 1 N–H and O–H groups in total. The van der Waals surface area contributed by atoms with Gasteiger partial charge in [0.1, 0.15) is 12.4 Å². The highest BCUT2D eigenvalue weighted by molar-refractivity contribution is 5.79. The van der Waals surface area contributed by atoms with E-state index in [0.717, 1.165) is 49.6 Å². The maximum atomic E-state index is 12.6. The van der Waals surface area contributed by atoms with Crippen LogP contribution in [0.3, 0.4) is 0 Å². The maximum Gasteiger partial charge on any atom is 0.227 e. The molecule has 0 fully saturated rings. The zero-order valence-corrected chi connectivity index (χ0v) is 16.1. The molecule has 0 unspecified atom stereocenters. The van der Waals surface area contributed by atoms with Gasteiger partial charge in [0.2, 0.25) is 5.91 Å². The predicted octanol–water partition coefficient (Wildman–Crippen LogP) is 2.22. The summed E-state index contributed by atoms with van der Waals surface area (Å²) in [6, 6.07) is 10.1. The first-order valence-electron chi connectivity index (χ1n) is 9.85. The van der Waals surface area contributed by atoms with E-state index < -0.39 is 0 Å². The van der Waals surface area contributed by atoms with E-state index in [2.05, 4.69) is 39.9 Å². The van der Waals surface area contributed by atoms with Crippen molar-refractivity contribution < 1.29 is 9.53 Å². The zero-order valence-electron chi connectivity index (χ0n) is 16.1. The molecular formula is C21H28N4O2. The van der Waals surface area contributed by atoms with E-state index in [1.54, 1.807) is 0 Å². The number of hydrogen-bond donors (Lipinski definition) is 1. The number of nitrogens with one attached hydrogen (secondary N) is 1. The molecule has 4 rings (SSSR count).